The van der Waals surface area contributed by atoms with E-state index in [1.807, 2.05) is 6.92 Å². The van der Waals surface area contributed by atoms with Crippen molar-refractivity contribution in [3.05, 3.63) is 0 Å². The van der Waals surface area contributed by atoms with E-state index in [0.29, 0.717) is 0 Å². The van der Waals surface area contributed by atoms with Crippen molar-refractivity contribution in [3.63, 3.8) is 0 Å². The normalized spacial score (nSPS) is 13.5. The smallest absolute Gasteiger partial charge is 0.205 e. The molecule has 8 heavy (non-hydrogen) atoms. The molecule has 0 aliphatic rings. The van der Waals surface area contributed by atoms with Crippen molar-refractivity contribution in [2.45, 2.75) is 6.92 Å². The standard InChI is InChI=1S/C4H9IO2S/c1-2-8(3-5)4(6)7/h6-7H,2-3H2,1H3. The highest BCUT2D eigenvalue weighted by atomic mass is 127. The summed E-state index contributed by atoms with van der Waals surface area (Å²) in [6.45, 7) is 1.94. The molecule has 0 radical (unpaired) electrons. The molecular weight excluding hydrogens is 239 g/mol. The maximum Gasteiger partial charge on any atom is 0.205 e. The summed E-state index contributed by atoms with van der Waals surface area (Å²) in [5.74, 6) is 0.825. The van der Waals surface area contributed by atoms with Gasteiger partial charge in [-0.25, -0.2) is 0 Å². The number of hydrogen-bond acceptors (Lipinski definition) is 0. The van der Waals surface area contributed by atoms with Gasteiger partial charge in [-0.1, -0.05) is 29.5 Å². The number of halogens is 1. The van der Waals surface area contributed by atoms with Crippen LogP contribution in [0.2, 0.25) is 0 Å². The van der Waals surface area contributed by atoms with Crippen LogP contribution >= 0.6 is 33.1 Å². The molecule has 2 N–H and O–H groups in total. The van der Waals surface area contributed by atoms with Crippen LogP contribution in [-0.2, 0) is 0 Å². The quantitative estimate of drug-likeness (QED) is 0.445. The van der Waals surface area contributed by atoms with Gasteiger partial charge in [-0.3, -0.25) is 0 Å². The zero-order valence-electron chi connectivity index (χ0n) is 4.59. The Bertz CT molecular complexity index is 92.2. The first-order chi connectivity index (χ1) is 3.72. The third-order valence-corrected chi connectivity index (χ3v) is 4.47. The summed E-state index contributed by atoms with van der Waals surface area (Å²) in [6.07, 6.45) is 0. The minimum absolute atomic E-state index is 0.276. The number of rotatable bonds is 2. The molecule has 4 heteroatoms. The minimum Gasteiger partial charge on any atom is -0.337 e. The maximum absolute atomic E-state index is 8.49. The van der Waals surface area contributed by atoms with Gasteiger partial charge in [-0.15, -0.1) is 10.5 Å². The van der Waals surface area contributed by atoms with Gasteiger partial charge in [0.15, 0.2) is 0 Å². The summed E-state index contributed by atoms with van der Waals surface area (Å²) < 4.78 is 0.802. The van der Waals surface area contributed by atoms with E-state index < -0.39 is 5.24 Å². The molecule has 0 fully saturated rings. The number of aliphatic hydroxyl groups is 2. The predicted molar refractivity (Wildman–Crippen MR) is 47.3 cm³/mol. The minimum atomic E-state index is -0.401. The van der Waals surface area contributed by atoms with Gasteiger partial charge in [0.2, 0.25) is 5.24 Å². The molecule has 0 aromatic rings. The van der Waals surface area contributed by atoms with Gasteiger partial charge < -0.3 is 10.2 Å². The van der Waals surface area contributed by atoms with Crippen LogP contribution in [0.1, 0.15) is 6.92 Å². The van der Waals surface area contributed by atoms with E-state index in [0.717, 1.165) is 9.51 Å². The highest BCUT2D eigenvalue weighted by molar-refractivity contribution is 14.1. The second-order valence-corrected chi connectivity index (χ2v) is 5.19. The molecule has 0 saturated heterocycles. The van der Waals surface area contributed by atoms with Crippen molar-refractivity contribution in [2.24, 2.45) is 0 Å². The molecule has 0 bridgehead atoms. The third-order valence-electron chi connectivity index (χ3n) is 0.738. The van der Waals surface area contributed by atoms with Gasteiger partial charge in [0.1, 0.15) is 0 Å². The van der Waals surface area contributed by atoms with Gasteiger partial charge in [0.05, 0.1) is 0 Å². The SMILES string of the molecule is CCS(CI)=C(O)O. The summed E-state index contributed by atoms with van der Waals surface area (Å²) in [4.78, 5) is 0. The number of aliphatic hydroxyl groups excluding tert-OH is 1. The van der Waals surface area contributed by atoms with Crippen molar-refractivity contribution in [1.82, 2.24) is 0 Å². The second kappa shape index (κ2) is 4.72. The second-order valence-electron chi connectivity index (χ2n) is 1.17. The molecule has 0 aromatic heterocycles. The van der Waals surface area contributed by atoms with Crippen LogP contribution in [0, 0.1) is 0 Å². The van der Waals surface area contributed by atoms with E-state index in [-0.39, 0.29) is 10.5 Å². The van der Waals surface area contributed by atoms with Crippen LogP contribution in [0.25, 0.3) is 0 Å². The fourth-order valence-electron chi connectivity index (χ4n) is 0.255. The molecule has 0 aliphatic heterocycles. The lowest BCUT2D eigenvalue weighted by molar-refractivity contribution is 0.385. The van der Waals surface area contributed by atoms with E-state index in [2.05, 4.69) is 22.6 Å². The van der Waals surface area contributed by atoms with Crippen molar-refractivity contribution in [3.8, 4) is 0 Å². The molecule has 0 spiro atoms. The molecule has 50 valence electrons. The van der Waals surface area contributed by atoms with Gasteiger partial charge in [0, 0.05) is 3.76 Å². The van der Waals surface area contributed by atoms with Crippen molar-refractivity contribution >= 4 is 38.3 Å². The first kappa shape index (κ1) is 8.87. The average molecular weight is 248 g/mol. The molecule has 0 saturated carbocycles. The maximum atomic E-state index is 8.49. The lowest BCUT2D eigenvalue weighted by atomic mass is 11.0. The molecule has 1 atom stereocenters. The van der Waals surface area contributed by atoms with Crippen LogP contribution in [0.15, 0.2) is 0 Å². The first-order valence-electron chi connectivity index (χ1n) is 2.20. The zero-order valence-corrected chi connectivity index (χ0v) is 7.57. The van der Waals surface area contributed by atoms with Crippen molar-refractivity contribution in [2.75, 3.05) is 9.51 Å². The monoisotopic (exact) mass is 248 g/mol. The summed E-state index contributed by atoms with van der Waals surface area (Å²) >= 11 is 2.14. The van der Waals surface area contributed by atoms with E-state index in [1.165, 1.54) is 0 Å². The van der Waals surface area contributed by atoms with Crippen LogP contribution in [-0.4, -0.2) is 25.0 Å². The molecule has 0 heterocycles. The van der Waals surface area contributed by atoms with E-state index in [1.54, 1.807) is 0 Å². The zero-order chi connectivity index (χ0) is 6.57. The molecule has 0 aromatic carbocycles. The Hall–Kier alpha value is 0.870. The molecule has 0 amide bonds. The Morgan fingerprint density at radius 3 is 2.12 bits per heavy atom. The lowest BCUT2D eigenvalue weighted by Crippen LogP contribution is -1.95. The predicted octanol–water partition coefficient (Wildman–Crippen LogP) is 1.87. The first-order valence-corrected chi connectivity index (χ1v) is 5.29. The molecule has 0 aliphatic carbocycles. The molecule has 1 unspecified atom stereocenters. The Morgan fingerprint density at radius 1 is 1.62 bits per heavy atom. The Balaban J connectivity index is 3.86. The van der Waals surface area contributed by atoms with E-state index in [9.17, 15) is 0 Å². The number of hydrogen-bond donors (Lipinski definition) is 2. The largest absolute Gasteiger partial charge is 0.337 e. The fourth-order valence-corrected chi connectivity index (χ4v) is 2.92. The van der Waals surface area contributed by atoms with Crippen LogP contribution in [0.5, 0.6) is 0 Å². The van der Waals surface area contributed by atoms with Crippen molar-refractivity contribution in [1.29, 1.82) is 0 Å². The Labute approximate surface area is 65.0 Å². The lowest BCUT2D eigenvalue weighted by Gasteiger charge is -1.98. The van der Waals surface area contributed by atoms with Gasteiger partial charge in [-0.2, -0.15) is 0 Å². The van der Waals surface area contributed by atoms with E-state index in [4.69, 9.17) is 10.2 Å². The Kier molecular flexibility index (Phi) is 5.23. The summed E-state index contributed by atoms with van der Waals surface area (Å²) in [6, 6.07) is 0. The summed E-state index contributed by atoms with van der Waals surface area (Å²) in [5.41, 5.74) is 0. The van der Waals surface area contributed by atoms with Gasteiger partial charge in [0.25, 0.3) is 0 Å². The van der Waals surface area contributed by atoms with Crippen LogP contribution in [0.3, 0.4) is 0 Å². The van der Waals surface area contributed by atoms with Crippen LogP contribution < -0.4 is 0 Å². The highest BCUT2D eigenvalue weighted by Gasteiger charge is 1.92. The summed E-state index contributed by atoms with van der Waals surface area (Å²) in [7, 11) is -0.276. The third kappa shape index (κ3) is 3.01. The Morgan fingerprint density at radius 2 is 2.12 bits per heavy atom. The van der Waals surface area contributed by atoms with Crippen LogP contribution in [0.4, 0.5) is 0 Å². The fraction of sp³-hybridized carbons (Fsp3) is 0.750. The molecule has 2 nitrogen and oxygen atoms in total. The van der Waals surface area contributed by atoms with E-state index >= 15 is 0 Å². The van der Waals surface area contributed by atoms with Gasteiger partial charge >= 0.3 is 0 Å². The average Bonchev–Trinajstić information content (AvgIpc) is 1.69. The van der Waals surface area contributed by atoms with Gasteiger partial charge in [-0.05, 0) is 5.75 Å². The molecular formula is C4H9IO2S. The molecule has 0 rings (SSSR count). The summed E-state index contributed by atoms with van der Waals surface area (Å²) in [5, 5.41) is 16.6. The highest BCUT2D eigenvalue weighted by Crippen LogP contribution is 2.15. The number of alkyl halides is 1. The topological polar surface area (TPSA) is 40.5 Å². The van der Waals surface area contributed by atoms with Crippen molar-refractivity contribution < 1.29 is 10.2 Å².